The Morgan fingerprint density at radius 3 is 2.62 bits per heavy atom. The summed E-state index contributed by atoms with van der Waals surface area (Å²) in [5.74, 6) is 0.861. The Labute approximate surface area is 175 Å². The molecule has 1 saturated carbocycles. The van der Waals surface area contributed by atoms with Crippen LogP contribution in [0.3, 0.4) is 0 Å². The number of aryl methyl sites for hydroxylation is 1. The Balaban J connectivity index is 1.42. The summed E-state index contributed by atoms with van der Waals surface area (Å²) in [6.45, 7) is 5.68. The summed E-state index contributed by atoms with van der Waals surface area (Å²) in [6, 6.07) is 11.0. The smallest absolute Gasteiger partial charge is 0.0968 e. The van der Waals surface area contributed by atoms with Crippen LogP contribution in [0.15, 0.2) is 36.5 Å². The van der Waals surface area contributed by atoms with E-state index in [1.807, 2.05) is 11.7 Å². The van der Waals surface area contributed by atoms with Crippen LogP contribution in [0.1, 0.15) is 44.1 Å². The first-order chi connectivity index (χ1) is 14.2. The molecule has 1 aromatic carbocycles. The molecule has 2 aliphatic rings. The van der Waals surface area contributed by atoms with Crippen molar-refractivity contribution in [3.05, 3.63) is 42.1 Å². The van der Waals surface area contributed by atoms with Crippen molar-refractivity contribution in [3.63, 3.8) is 0 Å². The molecule has 5 heteroatoms. The summed E-state index contributed by atoms with van der Waals surface area (Å²) < 4.78 is 1.93. The number of aliphatic hydroxyl groups excluding tert-OH is 1. The molecule has 5 nitrogen and oxygen atoms in total. The van der Waals surface area contributed by atoms with E-state index in [9.17, 15) is 5.11 Å². The van der Waals surface area contributed by atoms with Crippen LogP contribution in [0.25, 0.3) is 11.3 Å². The van der Waals surface area contributed by atoms with E-state index in [4.69, 9.17) is 5.10 Å². The highest BCUT2D eigenvalue weighted by atomic mass is 16.3. The molecule has 2 heterocycles. The van der Waals surface area contributed by atoms with Gasteiger partial charge < -0.3 is 5.11 Å². The van der Waals surface area contributed by atoms with Crippen LogP contribution in [0.4, 0.5) is 0 Å². The first kappa shape index (κ1) is 20.6. The van der Waals surface area contributed by atoms with E-state index in [1.54, 1.807) is 0 Å². The fourth-order valence-electron chi connectivity index (χ4n) is 5.20. The van der Waals surface area contributed by atoms with Crippen LogP contribution in [0.2, 0.25) is 0 Å². The van der Waals surface area contributed by atoms with E-state index < -0.39 is 0 Å². The van der Waals surface area contributed by atoms with E-state index in [-0.39, 0.29) is 6.61 Å². The highest BCUT2D eigenvalue weighted by molar-refractivity contribution is 5.62. The SMILES string of the molecule is Cn1cc(CN2CCN(CC3CCCCC3)[C@@H](CCO)C2)c(-c2ccccc2)n1. The van der Waals surface area contributed by atoms with Crippen molar-refractivity contribution in [2.45, 2.75) is 51.1 Å². The molecular formula is C24H36N4O. The number of rotatable bonds is 7. The Bertz CT molecular complexity index is 753. The molecule has 1 aromatic heterocycles. The van der Waals surface area contributed by atoms with Crippen molar-refractivity contribution in [1.29, 1.82) is 0 Å². The molecular weight excluding hydrogens is 360 g/mol. The lowest BCUT2D eigenvalue weighted by Crippen LogP contribution is -2.54. The molecule has 0 amide bonds. The molecule has 0 unspecified atom stereocenters. The van der Waals surface area contributed by atoms with Gasteiger partial charge in [0.25, 0.3) is 0 Å². The van der Waals surface area contributed by atoms with Gasteiger partial charge in [0.2, 0.25) is 0 Å². The lowest BCUT2D eigenvalue weighted by atomic mass is 9.88. The Hall–Kier alpha value is -1.69. The molecule has 2 aromatic rings. The summed E-state index contributed by atoms with van der Waals surface area (Å²) >= 11 is 0. The van der Waals surface area contributed by atoms with Gasteiger partial charge in [0, 0.05) is 69.7 Å². The summed E-state index contributed by atoms with van der Waals surface area (Å²) in [6.07, 6.45) is 10.0. The molecule has 29 heavy (non-hydrogen) atoms. The van der Waals surface area contributed by atoms with Gasteiger partial charge in [-0.3, -0.25) is 14.5 Å². The summed E-state index contributed by atoms with van der Waals surface area (Å²) in [5.41, 5.74) is 3.57. The fourth-order valence-corrected chi connectivity index (χ4v) is 5.20. The van der Waals surface area contributed by atoms with Gasteiger partial charge in [0.05, 0.1) is 5.69 Å². The van der Waals surface area contributed by atoms with Crippen molar-refractivity contribution in [3.8, 4) is 11.3 Å². The van der Waals surface area contributed by atoms with Gasteiger partial charge in [0.1, 0.15) is 0 Å². The minimum atomic E-state index is 0.280. The third-order valence-corrected chi connectivity index (χ3v) is 6.71. The highest BCUT2D eigenvalue weighted by Crippen LogP contribution is 2.28. The molecule has 0 bridgehead atoms. The van der Waals surface area contributed by atoms with Crippen LogP contribution in [-0.2, 0) is 13.6 Å². The molecule has 158 valence electrons. The van der Waals surface area contributed by atoms with Crippen molar-refractivity contribution >= 4 is 0 Å². The zero-order valence-electron chi connectivity index (χ0n) is 17.8. The maximum atomic E-state index is 9.66. The summed E-state index contributed by atoms with van der Waals surface area (Å²) in [4.78, 5) is 5.23. The van der Waals surface area contributed by atoms with E-state index in [0.717, 1.165) is 44.2 Å². The molecule has 2 fully saturated rings. The first-order valence-electron chi connectivity index (χ1n) is 11.4. The average Bonchev–Trinajstić information content (AvgIpc) is 3.11. The topological polar surface area (TPSA) is 44.5 Å². The summed E-state index contributed by atoms with van der Waals surface area (Å²) in [5, 5.41) is 14.4. The average molecular weight is 397 g/mol. The Kier molecular flexibility index (Phi) is 7.01. The first-order valence-corrected chi connectivity index (χ1v) is 11.4. The molecule has 1 aliphatic carbocycles. The van der Waals surface area contributed by atoms with E-state index >= 15 is 0 Å². The van der Waals surface area contributed by atoms with Crippen molar-refractivity contribution in [2.75, 3.05) is 32.8 Å². The number of aliphatic hydroxyl groups is 1. The number of benzene rings is 1. The van der Waals surface area contributed by atoms with Gasteiger partial charge in [0.15, 0.2) is 0 Å². The second-order valence-electron chi connectivity index (χ2n) is 8.94. The number of piperazine rings is 1. The van der Waals surface area contributed by atoms with E-state index in [2.05, 4.69) is 46.3 Å². The van der Waals surface area contributed by atoms with Crippen LogP contribution < -0.4 is 0 Å². The van der Waals surface area contributed by atoms with Crippen LogP contribution >= 0.6 is 0 Å². The quantitative estimate of drug-likeness (QED) is 0.778. The van der Waals surface area contributed by atoms with Gasteiger partial charge in [-0.05, 0) is 25.2 Å². The molecule has 1 N–H and O–H groups in total. The van der Waals surface area contributed by atoms with E-state index in [1.165, 1.54) is 49.8 Å². The van der Waals surface area contributed by atoms with Crippen LogP contribution in [-0.4, -0.2) is 63.5 Å². The van der Waals surface area contributed by atoms with Gasteiger partial charge in [-0.15, -0.1) is 0 Å². The van der Waals surface area contributed by atoms with Crippen molar-refractivity contribution < 1.29 is 5.11 Å². The van der Waals surface area contributed by atoms with Crippen LogP contribution in [0.5, 0.6) is 0 Å². The Morgan fingerprint density at radius 2 is 1.86 bits per heavy atom. The third kappa shape index (κ3) is 5.27. The monoisotopic (exact) mass is 396 g/mol. The number of aromatic nitrogens is 2. The van der Waals surface area contributed by atoms with Crippen molar-refractivity contribution in [2.24, 2.45) is 13.0 Å². The number of nitrogens with zero attached hydrogens (tertiary/aromatic N) is 4. The van der Waals surface area contributed by atoms with Crippen molar-refractivity contribution in [1.82, 2.24) is 19.6 Å². The fraction of sp³-hybridized carbons (Fsp3) is 0.625. The Morgan fingerprint density at radius 1 is 1.07 bits per heavy atom. The maximum Gasteiger partial charge on any atom is 0.0968 e. The summed E-state index contributed by atoms with van der Waals surface area (Å²) in [7, 11) is 2.01. The standard InChI is InChI=1S/C24H36N4O/c1-26-17-22(24(25-26)21-10-6-3-7-11-21)18-27-13-14-28(23(19-27)12-15-29)16-20-8-4-2-5-9-20/h3,6-7,10-11,17,20,23,29H,2,4-5,8-9,12-16,18-19H2,1H3/t23-/m0/s1. The molecule has 1 saturated heterocycles. The second kappa shape index (κ2) is 9.88. The van der Waals surface area contributed by atoms with E-state index in [0.29, 0.717) is 6.04 Å². The number of hydrogen-bond acceptors (Lipinski definition) is 4. The van der Waals surface area contributed by atoms with Crippen LogP contribution in [0, 0.1) is 5.92 Å². The highest BCUT2D eigenvalue weighted by Gasteiger charge is 2.29. The molecule has 1 atom stereocenters. The third-order valence-electron chi connectivity index (χ3n) is 6.71. The minimum absolute atomic E-state index is 0.280. The predicted octanol–water partition coefficient (Wildman–Crippen LogP) is 3.54. The lowest BCUT2D eigenvalue weighted by Gasteiger charge is -2.43. The number of hydrogen-bond donors (Lipinski definition) is 1. The zero-order chi connectivity index (χ0) is 20.1. The lowest BCUT2D eigenvalue weighted by molar-refractivity contribution is 0.0401. The van der Waals surface area contributed by atoms with Gasteiger partial charge in [-0.1, -0.05) is 49.6 Å². The second-order valence-corrected chi connectivity index (χ2v) is 8.94. The van der Waals surface area contributed by atoms with Gasteiger partial charge >= 0.3 is 0 Å². The van der Waals surface area contributed by atoms with Gasteiger partial charge in [-0.2, -0.15) is 5.10 Å². The molecule has 4 rings (SSSR count). The maximum absolute atomic E-state index is 9.66. The minimum Gasteiger partial charge on any atom is -0.396 e. The largest absolute Gasteiger partial charge is 0.396 e. The normalized spacial score (nSPS) is 22.2. The molecule has 0 radical (unpaired) electrons. The molecule has 0 spiro atoms. The zero-order valence-corrected chi connectivity index (χ0v) is 17.8. The predicted molar refractivity (Wildman–Crippen MR) is 118 cm³/mol. The molecule has 1 aliphatic heterocycles. The van der Waals surface area contributed by atoms with Gasteiger partial charge in [-0.25, -0.2) is 0 Å².